The van der Waals surface area contributed by atoms with E-state index < -0.39 is 0 Å². The quantitative estimate of drug-likeness (QED) is 0.799. The normalized spacial score (nSPS) is 18.9. The van der Waals surface area contributed by atoms with Gasteiger partial charge in [0.2, 0.25) is 5.91 Å². The molecule has 124 valence electrons. The van der Waals surface area contributed by atoms with Crippen LogP contribution in [0.1, 0.15) is 5.56 Å². The summed E-state index contributed by atoms with van der Waals surface area (Å²) >= 11 is 1.66. The van der Waals surface area contributed by atoms with Crippen molar-refractivity contribution in [1.29, 1.82) is 0 Å². The highest BCUT2D eigenvalue weighted by Crippen LogP contribution is 2.10. The van der Waals surface area contributed by atoms with Gasteiger partial charge in [-0.2, -0.15) is 16.4 Å². The van der Waals surface area contributed by atoms with Crippen molar-refractivity contribution in [2.75, 3.05) is 33.3 Å². The molecule has 1 atom stereocenters. The minimum Gasteiger partial charge on any atom is -0.374 e. The lowest BCUT2D eigenvalue weighted by molar-refractivity contribution is -0.133. The predicted molar refractivity (Wildman–Crippen MR) is 89.2 cm³/mol. The summed E-state index contributed by atoms with van der Waals surface area (Å²) in [5.74, 6) is 0.149. The van der Waals surface area contributed by atoms with E-state index in [4.69, 9.17) is 4.74 Å². The van der Waals surface area contributed by atoms with Crippen LogP contribution in [0.15, 0.2) is 35.3 Å². The van der Waals surface area contributed by atoms with Crippen LogP contribution in [0.4, 0.5) is 0 Å². The number of rotatable bonds is 6. The second kappa shape index (κ2) is 7.72. The maximum absolute atomic E-state index is 12.4. The van der Waals surface area contributed by atoms with Gasteiger partial charge in [0.25, 0.3) is 0 Å². The molecule has 6 nitrogen and oxygen atoms in total. The van der Waals surface area contributed by atoms with Crippen molar-refractivity contribution < 1.29 is 9.53 Å². The maximum atomic E-state index is 12.4. The molecule has 3 heterocycles. The first-order valence-electron chi connectivity index (χ1n) is 7.77. The summed E-state index contributed by atoms with van der Waals surface area (Å²) in [6.07, 6.45) is 3.78. The van der Waals surface area contributed by atoms with Crippen LogP contribution in [0.25, 0.3) is 0 Å². The van der Waals surface area contributed by atoms with Crippen molar-refractivity contribution in [3.63, 3.8) is 0 Å². The maximum Gasteiger partial charge on any atom is 0.236 e. The van der Waals surface area contributed by atoms with Gasteiger partial charge in [-0.1, -0.05) is 0 Å². The molecule has 0 bridgehead atoms. The van der Waals surface area contributed by atoms with E-state index in [1.165, 1.54) is 5.56 Å². The smallest absolute Gasteiger partial charge is 0.236 e. The van der Waals surface area contributed by atoms with Gasteiger partial charge in [0.05, 0.1) is 25.8 Å². The van der Waals surface area contributed by atoms with Crippen molar-refractivity contribution in [2.45, 2.75) is 19.2 Å². The molecule has 0 aliphatic carbocycles. The van der Waals surface area contributed by atoms with Gasteiger partial charge in [-0.15, -0.1) is 0 Å². The molecule has 0 unspecified atom stereocenters. The molecule has 1 fully saturated rings. The van der Waals surface area contributed by atoms with Crippen LogP contribution in [0.3, 0.4) is 0 Å². The average molecular weight is 334 g/mol. The molecule has 1 amide bonds. The number of carbonyl (C=O) groups is 1. The van der Waals surface area contributed by atoms with Gasteiger partial charge in [-0.3, -0.25) is 14.4 Å². The lowest BCUT2D eigenvalue weighted by Gasteiger charge is -2.33. The molecule has 2 aromatic heterocycles. The first kappa shape index (κ1) is 16.2. The minimum absolute atomic E-state index is 0.0821. The summed E-state index contributed by atoms with van der Waals surface area (Å²) in [7, 11) is 1.86. The lowest BCUT2D eigenvalue weighted by Crippen LogP contribution is -2.48. The molecule has 23 heavy (non-hydrogen) atoms. The van der Waals surface area contributed by atoms with Gasteiger partial charge in [-0.05, 0) is 28.5 Å². The van der Waals surface area contributed by atoms with Crippen molar-refractivity contribution in [3.8, 4) is 0 Å². The number of carbonyl (C=O) groups excluding carboxylic acids is 1. The Bertz CT molecular complexity index is 600. The van der Waals surface area contributed by atoms with Crippen LogP contribution in [0.5, 0.6) is 0 Å². The second-order valence-corrected chi connectivity index (χ2v) is 6.62. The minimum atomic E-state index is 0.0821. The monoisotopic (exact) mass is 334 g/mol. The fourth-order valence-electron chi connectivity index (χ4n) is 2.71. The van der Waals surface area contributed by atoms with Gasteiger partial charge >= 0.3 is 0 Å². The summed E-state index contributed by atoms with van der Waals surface area (Å²) in [6.45, 7) is 4.06. The first-order chi connectivity index (χ1) is 11.2. The average Bonchev–Trinajstić information content (AvgIpc) is 3.21. The molecule has 0 N–H and O–H groups in total. The summed E-state index contributed by atoms with van der Waals surface area (Å²) in [4.78, 5) is 16.4. The van der Waals surface area contributed by atoms with E-state index in [0.29, 0.717) is 19.7 Å². The Labute approximate surface area is 140 Å². The Morgan fingerprint density at radius 1 is 1.57 bits per heavy atom. The molecule has 3 rings (SSSR count). The van der Waals surface area contributed by atoms with Gasteiger partial charge in [-0.25, -0.2) is 0 Å². The molecule has 0 spiro atoms. The third kappa shape index (κ3) is 4.63. The Hall–Kier alpha value is -1.70. The van der Waals surface area contributed by atoms with Gasteiger partial charge in [0.15, 0.2) is 0 Å². The molecule has 1 aliphatic rings. The molecule has 7 heteroatoms. The van der Waals surface area contributed by atoms with Crippen LogP contribution >= 0.6 is 11.3 Å². The molecule has 0 aromatic carbocycles. The standard InChI is InChI=1S/C16H22N4O2S/c1-18(9-14-3-8-23-13-14)16(21)12-19-6-7-22-15(10-19)11-20-5-2-4-17-20/h2-5,8,13,15H,6-7,9-12H2,1H3/t15-/m1/s1. The third-order valence-electron chi connectivity index (χ3n) is 3.96. The van der Waals surface area contributed by atoms with E-state index in [2.05, 4.69) is 21.4 Å². The highest BCUT2D eigenvalue weighted by Gasteiger charge is 2.23. The van der Waals surface area contributed by atoms with Gasteiger partial charge in [0.1, 0.15) is 0 Å². The van der Waals surface area contributed by atoms with Crippen molar-refractivity contribution in [3.05, 3.63) is 40.8 Å². The Kier molecular flexibility index (Phi) is 5.43. The molecule has 1 aliphatic heterocycles. The Morgan fingerprint density at radius 3 is 3.22 bits per heavy atom. The lowest BCUT2D eigenvalue weighted by atomic mass is 10.2. The second-order valence-electron chi connectivity index (χ2n) is 5.84. The molecule has 0 saturated carbocycles. The molecule has 2 aromatic rings. The Balaban J connectivity index is 1.47. The van der Waals surface area contributed by atoms with E-state index in [-0.39, 0.29) is 12.0 Å². The fourth-order valence-corrected chi connectivity index (χ4v) is 3.37. The molecule has 0 radical (unpaired) electrons. The summed E-state index contributed by atoms with van der Waals surface area (Å²) < 4.78 is 7.66. The predicted octanol–water partition coefficient (Wildman–Crippen LogP) is 1.30. The fraction of sp³-hybridized carbons (Fsp3) is 0.500. The molecular formula is C16H22N4O2S. The number of hydrogen-bond acceptors (Lipinski definition) is 5. The van der Waals surface area contributed by atoms with E-state index in [0.717, 1.165) is 19.6 Å². The first-order valence-corrected chi connectivity index (χ1v) is 8.71. The summed E-state index contributed by atoms with van der Waals surface area (Å²) in [5.41, 5.74) is 1.18. The number of nitrogens with zero attached hydrogens (tertiary/aromatic N) is 4. The largest absolute Gasteiger partial charge is 0.374 e. The highest BCUT2D eigenvalue weighted by molar-refractivity contribution is 7.07. The zero-order valence-electron chi connectivity index (χ0n) is 13.3. The SMILES string of the molecule is CN(Cc1ccsc1)C(=O)CN1CCO[C@@H](Cn2cccn2)C1. The van der Waals surface area contributed by atoms with Crippen LogP contribution in [0.2, 0.25) is 0 Å². The van der Waals surface area contributed by atoms with Crippen LogP contribution in [-0.4, -0.2) is 64.9 Å². The van der Waals surface area contributed by atoms with E-state index >= 15 is 0 Å². The number of morpholine rings is 1. The number of ether oxygens (including phenoxy) is 1. The summed E-state index contributed by atoms with van der Waals surface area (Å²) in [5, 5.41) is 8.33. The molecule has 1 saturated heterocycles. The number of thiophene rings is 1. The number of aromatic nitrogens is 2. The van der Waals surface area contributed by atoms with E-state index in [1.54, 1.807) is 22.4 Å². The molecular weight excluding hydrogens is 312 g/mol. The summed E-state index contributed by atoms with van der Waals surface area (Å²) in [6, 6.07) is 3.97. The van der Waals surface area contributed by atoms with Gasteiger partial charge < -0.3 is 9.64 Å². The van der Waals surface area contributed by atoms with Crippen LogP contribution in [-0.2, 0) is 22.6 Å². The highest BCUT2D eigenvalue weighted by atomic mass is 32.1. The Morgan fingerprint density at radius 2 is 2.48 bits per heavy atom. The van der Waals surface area contributed by atoms with Gasteiger partial charge in [0, 0.05) is 39.1 Å². The van der Waals surface area contributed by atoms with Crippen LogP contribution in [0, 0.1) is 0 Å². The number of amides is 1. The number of likely N-dealkylation sites (N-methyl/N-ethyl adjacent to an activating group) is 1. The zero-order valence-corrected chi connectivity index (χ0v) is 14.1. The van der Waals surface area contributed by atoms with Crippen molar-refractivity contribution in [2.24, 2.45) is 0 Å². The van der Waals surface area contributed by atoms with Crippen molar-refractivity contribution in [1.82, 2.24) is 19.6 Å². The topological polar surface area (TPSA) is 50.6 Å². The number of hydrogen-bond donors (Lipinski definition) is 0. The zero-order chi connectivity index (χ0) is 16.1. The van der Waals surface area contributed by atoms with E-state index in [9.17, 15) is 4.79 Å². The van der Waals surface area contributed by atoms with E-state index in [1.807, 2.05) is 29.4 Å². The third-order valence-corrected chi connectivity index (χ3v) is 4.69. The van der Waals surface area contributed by atoms with Crippen LogP contribution < -0.4 is 0 Å². The van der Waals surface area contributed by atoms with Crippen molar-refractivity contribution >= 4 is 17.2 Å².